The molecule has 28 heavy (non-hydrogen) atoms. The van der Waals surface area contributed by atoms with E-state index in [1.807, 2.05) is 48.5 Å². The molecular formula is C20H21ClN4O2S. The molecule has 0 aliphatic rings. The van der Waals surface area contributed by atoms with E-state index in [1.54, 1.807) is 13.8 Å². The Kier molecular flexibility index (Phi) is 6.59. The van der Waals surface area contributed by atoms with Gasteiger partial charge < -0.3 is 9.88 Å². The van der Waals surface area contributed by atoms with Gasteiger partial charge in [-0.1, -0.05) is 53.7 Å². The molecule has 146 valence electrons. The quantitative estimate of drug-likeness (QED) is 0.594. The standard InChI is InChI=1S/C20H21ClN4O2S/c1-3-22-19(27)24-18(26)13(2)28-20-23-16-11-15(21)9-10-17(16)25(20)12-14-7-5-4-6-8-14/h4-11,13H,3,12H2,1-2H3,(H2,22,24,26,27)/t13-/m1/s1. The number of halogens is 1. The predicted octanol–water partition coefficient (Wildman–Crippen LogP) is 4.06. The number of imide groups is 1. The lowest BCUT2D eigenvalue weighted by Gasteiger charge is -2.13. The van der Waals surface area contributed by atoms with Crippen LogP contribution in [0, 0.1) is 0 Å². The van der Waals surface area contributed by atoms with Crippen molar-refractivity contribution in [3.63, 3.8) is 0 Å². The van der Waals surface area contributed by atoms with Crippen LogP contribution < -0.4 is 10.6 Å². The number of nitrogens with zero attached hydrogens (tertiary/aromatic N) is 2. The minimum atomic E-state index is -0.496. The van der Waals surface area contributed by atoms with Crippen LogP contribution in [0.5, 0.6) is 0 Å². The van der Waals surface area contributed by atoms with Crippen LogP contribution in [0.15, 0.2) is 53.7 Å². The van der Waals surface area contributed by atoms with Crippen LogP contribution in [0.3, 0.4) is 0 Å². The lowest BCUT2D eigenvalue weighted by molar-refractivity contribution is -0.119. The Morgan fingerprint density at radius 1 is 1.21 bits per heavy atom. The third kappa shape index (κ3) is 4.85. The summed E-state index contributed by atoms with van der Waals surface area (Å²) in [4.78, 5) is 28.6. The van der Waals surface area contributed by atoms with Crippen molar-refractivity contribution in [3.8, 4) is 0 Å². The second-order valence-electron chi connectivity index (χ2n) is 6.21. The minimum Gasteiger partial charge on any atom is -0.338 e. The van der Waals surface area contributed by atoms with Crippen LogP contribution in [0.2, 0.25) is 5.02 Å². The molecule has 3 rings (SSSR count). The number of thioether (sulfide) groups is 1. The van der Waals surface area contributed by atoms with Crippen molar-refractivity contribution in [2.75, 3.05) is 6.54 Å². The third-order valence-electron chi connectivity index (χ3n) is 4.08. The van der Waals surface area contributed by atoms with Crippen molar-refractivity contribution in [2.45, 2.75) is 30.8 Å². The summed E-state index contributed by atoms with van der Waals surface area (Å²) >= 11 is 7.42. The summed E-state index contributed by atoms with van der Waals surface area (Å²) in [5, 5.41) is 5.70. The first-order valence-electron chi connectivity index (χ1n) is 8.93. The zero-order valence-electron chi connectivity index (χ0n) is 15.6. The number of imidazole rings is 1. The fourth-order valence-corrected chi connectivity index (χ4v) is 3.81. The van der Waals surface area contributed by atoms with Crippen molar-refractivity contribution in [1.29, 1.82) is 0 Å². The number of nitrogens with one attached hydrogen (secondary N) is 2. The molecule has 1 aromatic heterocycles. The van der Waals surface area contributed by atoms with Gasteiger partial charge in [0.1, 0.15) is 0 Å². The number of rotatable bonds is 6. The zero-order valence-corrected chi connectivity index (χ0v) is 17.2. The lowest BCUT2D eigenvalue weighted by atomic mass is 10.2. The molecule has 3 aromatic rings. The number of carbonyl (C=O) groups excluding carboxylic acids is 2. The van der Waals surface area contributed by atoms with Gasteiger partial charge in [0.2, 0.25) is 5.91 Å². The highest BCUT2D eigenvalue weighted by Crippen LogP contribution is 2.29. The van der Waals surface area contributed by atoms with Crippen molar-refractivity contribution < 1.29 is 9.59 Å². The smallest absolute Gasteiger partial charge is 0.321 e. The van der Waals surface area contributed by atoms with E-state index >= 15 is 0 Å². The van der Waals surface area contributed by atoms with Gasteiger partial charge >= 0.3 is 6.03 Å². The Morgan fingerprint density at radius 3 is 2.68 bits per heavy atom. The number of hydrogen-bond donors (Lipinski definition) is 2. The molecule has 8 heteroatoms. The molecule has 1 atom stereocenters. The first-order valence-corrected chi connectivity index (χ1v) is 10.2. The van der Waals surface area contributed by atoms with E-state index in [1.165, 1.54) is 11.8 Å². The fraction of sp³-hybridized carbons (Fsp3) is 0.250. The maximum Gasteiger partial charge on any atom is 0.321 e. The molecule has 0 unspecified atom stereocenters. The van der Waals surface area contributed by atoms with Crippen LogP contribution in [0.4, 0.5) is 4.79 Å². The molecule has 0 saturated carbocycles. The first-order chi connectivity index (χ1) is 13.5. The normalized spacial score (nSPS) is 12.0. The van der Waals surface area contributed by atoms with Gasteiger partial charge in [-0.05, 0) is 37.6 Å². The zero-order chi connectivity index (χ0) is 20.1. The van der Waals surface area contributed by atoms with E-state index < -0.39 is 11.3 Å². The molecule has 0 aliphatic carbocycles. The third-order valence-corrected chi connectivity index (χ3v) is 5.41. The molecule has 0 fully saturated rings. The van der Waals surface area contributed by atoms with Gasteiger partial charge in [-0.3, -0.25) is 10.1 Å². The highest BCUT2D eigenvalue weighted by atomic mass is 35.5. The molecule has 0 radical (unpaired) electrons. The summed E-state index contributed by atoms with van der Waals surface area (Å²) in [6.45, 7) is 4.61. The Labute approximate surface area is 172 Å². The second kappa shape index (κ2) is 9.12. The molecular weight excluding hydrogens is 396 g/mol. The van der Waals surface area contributed by atoms with Crippen molar-refractivity contribution in [1.82, 2.24) is 20.2 Å². The molecule has 0 aliphatic heterocycles. The summed E-state index contributed by atoms with van der Waals surface area (Å²) in [6, 6.07) is 15.1. The van der Waals surface area contributed by atoms with E-state index in [9.17, 15) is 9.59 Å². The molecule has 2 N–H and O–H groups in total. The Hall–Kier alpha value is -2.51. The topological polar surface area (TPSA) is 76.0 Å². The van der Waals surface area contributed by atoms with Crippen LogP contribution in [-0.4, -0.2) is 33.3 Å². The van der Waals surface area contributed by atoms with E-state index in [4.69, 9.17) is 11.6 Å². The Balaban J connectivity index is 1.88. The Morgan fingerprint density at radius 2 is 1.96 bits per heavy atom. The summed E-state index contributed by atoms with van der Waals surface area (Å²) in [7, 11) is 0. The molecule has 1 heterocycles. The van der Waals surface area contributed by atoms with Gasteiger partial charge in [0.25, 0.3) is 0 Å². The average molecular weight is 417 g/mol. The van der Waals surface area contributed by atoms with E-state index in [0.29, 0.717) is 23.3 Å². The highest BCUT2D eigenvalue weighted by Gasteiger charge is 2.21. The van der Waals surface area contributed by atoms with Crippen LogP contribution in [0.1, 0.15) is 19.4 Å². The van der Waals surface area contributed by atoms with E-state index in [2.05, 4.69) is 20.2 Å². The number of urea groups is 1. The monoisotopic (exact) mass is 416 g/mol. The minimum absolute atomic E-state index is 0.368. The number of aromatic nitrogens is 2. The molecule has 2 aromatic carbocycles. The summed E-state index contributed by atoms with van der Waals surface area (Å²) in [6.07, 6.45) is 0. The number of fused-ring (bicyclic) bond motifs is 1. The molecule has 0 spiro atoms. The molecule has 6 nitrogen and oxygen atoms in total. The first kappa shape index (κ1) is 20.2. The Bertz CT molecular complexity index is 991. The molecule has 3 amide bonds. The van der Waals surface area contributed by atoms with Gasteiger partial charge in [-0.25, -0.2) is 9.78 Å². The second-order valence-corrected chi connectivity index (χ2v) is 7.95. The molecule has 0 saturated heterocycles. The van der Waals surface area contributed by atoms with Gasteiger partial charge in [0.05, 0.1) is 22.8 Å². The maximum absolute atomic E-state index is 12.3. The number of hydrogen-bond acceptors (Lipinski definition) is 4. The van der Waals surface area contributed by atoms with E-state index in [-0.39, 0.29) is 5.91 Å². The SMILES string of the molecule is CCNC(=O)NC(=O)[C@@H](C)Sc1nc2cc(Cl)ccc2n1Cc1ccccc1. The van der Waals surface area contributed by atoms with Crippen LogP contribution in [0.25, 0.3) is 11.0 Å². The van der Waals surface area contributed by atoms with Gasteiger partial charge in [-0.2, -0.15) is 0 Å². The van der Waals surface area contributed by atoms with Crippen molar-refractivity contribution in [3.05, 3.63) is 59.1 Å². The maximum atomic E-state index is 12.3. The van der Waals surface area contributed by atoms with Gasteiger partial charge in [0, 0.05) is 11.6 Å². The van der Waals surface area contributed by atoms with E-state index in [0.717, 1.165) is 16.6 Å². The van der Waals surface area contributed by atoms with Crippen molar-refractivity contribution >= 4 is 46.3 Å². The van der Waals surface area contributed by atoms with Crippen LogP contribution in [-0.2, 0) is 11.3 Å². The number of benzene rings is 2. The number of carbonyl (C=O) groups is 2. The predicted molar refractivity (Wildman–Crippen MR) is 113 cm³/mol. The average Bonchev–Trinajstić information content (AvgIpc) is 2.98. The molecule has 0 bridgehead atoms. The van der Waals surface area contributed by atoms with Gasteiger partial charge in [-0.15, -0.1) is 0 Å². The van der Waals surface area contributed by atoms with Crippen LogP contribution >= 0.6 is 23.4 Å². The number of amides is 3. The summed E-state index contributed by atoms with van der Waals surface area (Å²) < 4.78 is 2.06. The lowest BCUT2D eigenvalue weighted by Crippen LogP contribution is -2.42. The fourth-order valence-electron chi connectivity index (χ4n) is 2.72. The highest BCUT2D eigenvalue weighted by molar-refractivity contribution is 8.00. The largest absolute Gasteiger partial charge is 0.338 e. The summed E-state index contributed by atoms with van der Waals surface area (Å²) in [5.74, 6) is -0.368. The van der Waals surface area contributed by atoms with Crippen molar-refractivity contribution in [2.24, 2.45) is 0 Å². The summed E-state index contributed by atoms with van der Waals surface area (Å²) in [5.41, 5.74) is 2.83. The van der Waals surface area contributed by atoms with Gasteiger partial charge in [0.15, 0.2) is 5.16 Å².